The Bertz CT molecular complexity index is 727. The molecular formula is C18H19N2O4-. The number of anilines is 1. The van der Waals surface area contributed by atoms with Crippen molar-refractivity contribution in [2.75, 3.05) is 25.5 Å². The van der Waals surface area contributed by atoms with Crippen molar-refractivity contribution < 1.29 is 19.4 Å². The molecule has 4 atom stereocenters. The maximum atomic E-state index is 12.8. The fraction of sp³-hybridized carbons (Fsp3) is 0.444. The number of benzene rings is 1. The van der Waals surface area contributed by atoms with E-state index in [4.69, 9.17) is 4.74 Å². The minimum absolute atomic E-state index is 0.160. The van der Waals surface area contributed by atoms with Gasteiger partial charge in [0.2, 0.25) is 5.91 Å². The van der Waals surface area contributed by atoms with Gasteiger partial charge < -0.3 is 24.4 Å². The predicted molar refractivity (Wildman–Crippen MR) is 84.9 cm³/mol. The summed E-state index contributed by atoms with van der Waals surface area (Å²) in [5, 5.41) is 11.4. The van der Waals surface area contributed by atoms with Gasteiger partial charge in [-0.2, -0.15) is 0 Å². The number of amides is 1. The van der Waals surface area contributed by atoms with Gasteiger partial charge in [-0.15, -0.1) is 0 Å². The average Bonchev–Trinajstić information content (AvgIpc) is 3.16. The number of hydrogen-bond donors (Lipinski definition) is 0. The Labute approximate surface area is 140 Å². The summed E-state index contributed by atoms with van der Waals surface area (Å²) in [6, 6.07) is 7.97. The average molecular weight is 327 g/mol. The molecule has 126 valence electrons. The summed E-state index contributed by atoms with van der Waals surface area (Å²) in [7, 11) is 3.94. The maximum Gasteiger partial charge on any atom is 0.230 e. The molecule has 3 aliphatic rings. The zero-order valence-corrected chi connectivity index (χ0v) is 13.6. The molecule has 1 spiro atoms. The first-order valence-electron chi connectivity index (χ1n) is 8.04. The lowest BCUT2D eigenvalue weighted by Crippen LogP contribution is -2.45. The number of carboxylic acid groups (broad SMARTS) is 1. The highest BCUT2D eigenvalue weighted by Gasteiger charge is 2.65. The third-order valence-corrected chi connectivity index (χ3v) is 5.28. The van der Waals surface area contributed by atoms with Gasteiger partial charge >= 0.3 is 0 Å². The highest BCUT2D eigenvalue weighted by Crippen LogP contribution is 2.51. The molecule has 6 nitrogen and oxygen atoms in total. The number of rotatable bonds is 4. The molecule has 2 saturated heterocycles. The summed E-state index contributed by atoms with van der Waals surface area (Å²) in [5.41, 5.74) is 1.30. The van der Waals surface area contributed by atoms with Crippen molar-refractivity contribution in [3.8, 4) is 0 Å². The third kappa shape index (κ3) is 2.06. The number of carbonyl (C=O) groups excluding carboxylic acids is 2. The normalized spacial score (nSPS) is 33.2. The zero-order chi connectivity index (χ0) is 17.1. The molecule has 0 saturated carbocycles. The van der Waals surface area contributed by atoms with Crippen LogP contribution in [0.3, 0.4) is 0 Å². The Kier molecular flexibility index (Phi) is 3.22. The van der Waals surface area contributed by atoms with E-state index in [0.717, 1.165) is 11.3 Å². The Balaban J connectivity index is 1.55. The Morgan fingerprint density at radius 3 is 2.71 bits per heavy atom. The first kappa shape index (κ1) is 15.2. The van der Waals surface area contributed by atoms with Gasteiger partial charge in [-0.25, -0.2) is 0 Å². The first-order chi connectivity index (χ1) is 11.4. The molecule has 4 rings (SSSR count). The SMILES string of the molecule is CN(C)c1ccc(CN2C[C@@]34C=C[C@@H](O3)[C@H](C(=O)[O-])[C@H]4C2=O)cc1. The molecule has 0 aliphatic carbocycles. The van der Waals surface area contributed by atoms with Gasteiger partial charge in [0, 0.05) is 38.2 Å². The maximum absolute atomic E-state index is 12.8. The molecule has 1 aromatic carbocycles. The van der Waals surface area contributed by atoms with E-state index in [-0.39, 0.29) is 5.91 Å². The zero-order valence-electron chi connectivity index (χ0n) is 13.6. The summed E-state index contributed by atoms with van der Waals surface area (Å²) in [4.78, 5) is 27.9. The van der Waals surface area contributed by atoms with Crippen LogP contribution in [0, 0.1) is 11.8 Å². The van der Waals surface area contributed by atoms with E-state index < -0.39 is 29.5 Å². The van der Waals surface area contributed by atoms with E-state index in [0.29, 0.717) is 13.1 Å². The molecule has 1 amide bonds. The summed E-state index contributed by atoms with van der Waals surface area (Å²) in [5.74, 6) is -2.92. The van der Waals surface area contributed by atoms with Crippen LogP contribution in [-0.4, -0.2) is 49.1 Å². The topological polar surface area (TPSA) is 72.9 Å². The molecule has 2 bridgehead atoms. The molecule has 1 aromatic rings. The van der Waals surface area contributed by atoms with Crippen molar-refractivity contribution in [2.24, 2.45) is 11.8 Å². The minimum Gasteiger partial charge on any atom is -0.550 e. The van der Waals surface area contributed by atoms with E-state index in [1.807, 2.05) is 49.3 Å². The fourth-order valence-electron chi connectivity index (χ4n) is 4.10. The van der Waals surface area contributed by atoms with Crippen molar-refractivity contribution >= 4 is 17.6 Å². The molecule has 0 N–H and O–H groups in total. The van der Waals surface area contributed by atoms with Crippen molar-refractivity contribution in [1.29, 1.82) is 0 Å². The smallest absolute Gasteiger partial charge is 0.230 e. The highest BCUT2D eigenvalue weighted by molar-refractivity contribution is 5.90. The Hall–Kier alpha value is -2.34. The van der Waals surface area contributed by atoms with E-state index >= 15 is 0 Å². The molecule has 0 radical (unpaired) electrons. The number of carboxylic acids is 1. The molecule has 2 fully saturated rings. The van der Waals surface area contributed by atoms with Gasteiger partial charge in [-0.3, -0.25) is 4.79 Å². The van der Waals surface area contributed by atoms with Gasteiger partial charge in [-0.05, 0) is 17.7 Å². The fourth-order valence-corrected chi connectivity index (χ4v) is 4.10. The molecule has 0 aromatic heterocycles. The molecule has 6 heteroatoms. The summed E-state index contributed by atoms with van der Waals surface area (Å²) in [6.45, 7) is 0.842. The number of nitrogens with zero attached hydrogens (tertiary/aromatic N) is 2. The lowest BCUT2D eigenvalue weighted by Gasteiger charge is -2.24. The van der Waals surface area contributed by atoms with Crippen LogP contribution in [0.15, 0.2) is 36.4 Å². The second kappa shape index (κ2) is 5.08. The molecule has 3 heterocycles. The first-order valence-corrected chi connectivity index (χ1v) is 8.04. The molecule has 24 heavy (non-hydrogen) atoms. The van der Waals surface area contributed by atoms with Crippen LogP contribution in [0.1, 0.15) is 5.56 Å². The number of hydrogen-bond acceptors (Lipinski definition) is 5. The lowest BCUT2D eigenvalue weighted by atomic mass is 9.77. The Morgan fingerprint density at radius 1 is 1.38 bits per heavy atom. The van der Waals surface area contributed by atoms with Gasteiger partial charge in [0.15, 0.2) is 0 Å². The third-order valence-electron chi connectivity index (χ3n) is 5.28. The van der Waals surface area contributed by atoms with Crippen LogP contribution in [0.5, 0.6) is 0 Å². The minimum atomic E-state index is -1.21. The number of ether oxygens (including phenoxy) is 1. The number of carbonyl (C=O) groups is 2. The van der Waals surface area contributed by atoms with E-state index in [1.165, 1.54) is 0 Å². The van der Waals surface area contributed by atoms with Crippen LogP contribution in [0.25, 0.3) is 0 Å². The van der Waals surface area contributed by atoms with Crippen LogP contribution in [0.4, 0.5) is 5.69 Å². The Morgan fingerprint density at radius 2 is 2.08 bits per heavy atom. The van der Waals surface area contributed by atoms with Crippen molar-refractivity contribution in [2.45, 2.75) is 18.2 Å². The van der Waals surface area contributed by atoms with Crippen LogP contribution in [0.2, 0.25) is 0 Å². The summed E-state index contributed by atoms with van der Waals surface area (Å²) in [6.07, 6.45) is 3.07. The monoisotopic (exact) mass is 327 g/mol. The highest BCUT2D eigenvalue weighted by atomic mass is 16.5. The van der Waals surface area contributed by atoms with E-state index in [9.17, 15) is 14.7 Å². The van der Waals surface area contributed by atoms with Crippen LogP contribution < -0.4 is 10.0 Å². The quantitative estimate of drug-likeness (QED) is 0.715. The summed E-state index contributed by atoms with van der Waals surface area (Å²) < 4.78 is 5.85. The largest absolute Gasteiger partial charge is 0.550 e. The van der Waals surface area contributed by atoms with Crippen molar-refractivity contribution in [3.05, 3.63) is 42.0 Å². The van der Waals surface area contributed by atoms with Gasteiger partial charge in [0.05, 0.1) is 18.6 Å². The molecular weight excluding hydrogens is 308 g/mol. The number of fused-ring (bicyclic) bond motifs is 1. The lowest BCUT2D eigenvalue weighted by molar-refractivity contribution is -0.313. The van der Waals surface area contributed by atoms with Gasteiger partial charge in [0.1, 0.15) is 5.60 Å². The van der Waals surface area contributed by atoms with Gasteiger partial charge in [0.25, 0.3) is 0 Å². The second-order valence-corrected chi connectivity index (χ2v) is 6.97. The van der Waals surface area contributed by atoms with Crippen LogP contribution >= 0.6 is 0 Å². The van der Waals surface area contributed by atoms with Crippen LogP contribution in [-0.2, 0) is 20.9 Å². The predicted octanol–water partition coefficient (Wildman–Crippen LogP) is -0.215. The summed E-state index contributed by atoms with van der Waals surface area (Å²) >= 11 is 0. The molecule has 0 unspecified atom stereocenters. The number of aliphatic carboxylic acids is 1. The number of likely N-dealkylation sites (tertiary alicyclic amines) is 1. The van der Waals surface area contributed by atoms with Crippen molar-refractivity contribution in [3.63, 3.8) is 0 Å². The molecule has 3 aliphatic heterocycles. The van der Waals surface area contributed by atoms with E-state index in [2.05, 4.69) is 0 Å². The van der Waals surface area contributed by atoms with E-state index in [1.54, 1.807) is 11.0 Å². The second-order valence-electron chi connectivity index (χ2n) is 6.97. The standard InChI is InChI=1S/C18H20N2O4/c1-19(2)12-5-3-11(4-6-12)9-20-10-18-8-7-13(24-18)14(17(22)23)15(18)16(20)21/h3-8,13-15H,9-10H2,1-2H3,(H,22,23)/p-1/t13-,14+,15+,18-/m1/s1. The van der Waals surface area contributed by atoms with Gasteiger partial charge in [-0.1, -0.05) is 24.3 Å². The van der Waals surface area contributed by atoms with Crippen molar-refractivity contribution in [1.82, 2.24) is 4.90 Å².